The van der Waals surface area contributed by atoms with E-state index in [-0.39, 0.29) is 0 Å². The molecule has 0 saturated heterocycles. The van der Waals surface area contributed by atoms with E-state index in [0.29, 0.717) is 0 Å². The van der Waals surface area contributed by atoms with Crippen molar-refractivity contribution in [2.24, 2.45) is 10.9 Å². The molecule has 0 aromatic heterocycles. The lowest BCUT2D eigenvalue weighted by atomic mass is 10.5. The summed E-state index contributed by atoms with van der Waals surface area (Å²) >= 11 is 0. The van der Waals surface area contributed by atoms with Gasteiger partial charge in [-0.1, -0.05) is 0 Å². The molecule has 0 bridgehead atoms. The van der Waals surface area contributed by atoms with E-state index in [9.17, 15) is 0 Å². The summed E-state index contributed by atoms with van der Waals surface area (Å²) in [6, 6.07) is 0. The molecule has 0 saturated carbocycles. The minimum Gasteiger partial charge on any atom is -0.296 e. The number of hydrogen-bond acceptors (Lipinski definition) is 4. The molecule has 0 aliphatic heterocycles. The maximum Gasteiger partial charge on any atom is 0.0381 e. The molecule has 0 radical (unpaired) electrons. The molecule has 0 aliphatic rings. The largest absolute Gasteiger partial charge is 0.296 e. The minimum absolute atomic E-state index is 0.808. The van der Waals surface area contributed by atoms with Gasteiger partial charge in [0.25, 0.3) is 0 Å². The van der Waals surface area contributed by atoms with Gasteiger partial charge < -0.3 is 0 Å². The summed E-state index contributed by atoms with van der Waals surface area (Å²) in [5.74, 6) is 4.70. The Balaban J connectivity index is 3.55. The fourth-order valence-corrected chi connectivity index (χ4v) is 0.313. The summed E-state index contributed by atoms with van der Waals surface area (Å²) in [4.78, 5) is 7.84. The Hall–Kier alpha value is -0.870. The SMILES string of the molecule is CN=C/C=C(\C)NON. The maximum absolute atomic E-state index is 4.70. The zero-order valence-corrected chi connectivity index (χ0v) is 5.59. The Morgan fingerprint density at radius 3 is 2.89 bits per heavy atom. The van der Waals surface area contributed by atoms with Gasteiger partial charge in [0.05, 0.1) is 0 Å². The normalized spacial score (nSPS) is 12.6. The average molecular weight is 129 g/mol. The molecule has 4 heteroatoms. The van der Waals surface area contributed by atoms with Crippen LogP contribution >= 0.6 is 0 Å². The van der Waals surface area contributed by atoms with Gasteiger partial charge in [0.2, 0.25) is 0 Å². The molecule has 9 heavy (non-hydrogen) atoms. The molecule has 4 nitrogen and oxygen atoms in total. The third-order valence-corrected chi connectivity index (χ3v) is 0.694. The van der Waals surface area contributed by atoms with Crippen molar-refractivity contribution in [1.29, 1.82) is 0 Å². The van der Waals surface area contributed by atoms with Gasteiger partial charge in [-0.2, -0.15) is 10.8 Å². The second-order valence-corrected chi connectivity index (χ2v) is 1.48. The summed E-state index contributed by atoms with van der Waals surface area (Å²) in [5, 5.41) is 0. The van der Waals surface area contributed by atoms with Crippen LogP contribution < -0.4 is 11.4 Å². The van der Waals surface area contributed by atoms with Gasteiger partial charge in [-0.25, -0.2) is 0 Å². The van der Waals surface area contributed by atoms with E-state index in [0.717, 1.165) is 5.70 Å². The lowest BCUT2D eigenvalue weighted by Crippen LogP contribution is -2.16. The Morgan fingerprint density at radius 1 is 1.78 bits per heavy atom. The van der Waals surface area contributed by atoms with Crippen molar-refractivity contribution in [3.8, 4) is 0 Å². The van der Waals surface area contributed by atoms with E-state index in [2.05, 4.69) is 15.4 Å². The first-order chi connectivity index (χ1) is 4.31. The van der Waals surface area contributed by atoms with Crippen LogP contribution in [0.1, 0.15) is 6.92 Å². The van der Waals surface area contributed by atoms with Gasteiger partial charge in [-0.05, 0) is 13.0 Å². The molecular formula is C5H11N3O. The van der Waals surface area contributed by atoms with Crippen molar-refractivity contribution in [3.63, 3.8) is 0 Å². The highest BCUT2D eigenvalue weighted by Crippen LogP contribution is 1.80. The van der Waals surface area contributed by atoms with Crippen LogP contribution in [0.4, 0.5) is 0 Å². The van der Waals surface area contributed by atoms with E-state index in [1.165, 1.54) is 0 Å². The molecule has 0 fully saturated rings. The van der Waals surface area contributed by atoms with E-state index in [4.69, 9.17) is 5.90 Å². The summed E-state index contributed by atoms with van der Waals surface area (Å²) in [6.45, 7) is 1.81. The van der Waals surface area contributed by atoms with Crippen molar-refractivity contribution in [3.05, 3.63) is 11.8 Å². The van der Waals surface area contributed by atoms with Crippen LogP contribution in [0.25, 0.3) is 0 Å². The quantitative estimate of drug-likeness (QED) is 0.416. The number of aliphatic imine (C=N–C) groups is 1. The van der Waals surface area contributed by atoms with Crippen molar-refractivity contribution >= 4 is 6.21 Å². The highest BCUT2D eigenvalue weighted by Gasteiger charge is 1.79. The molecule has 52 valence electrons. The molecule has 0 aliphatic carbocycles. The lowest BCUT2D eigenvalue weighted by molar-refractivity contribution is 0.0636. The molecule has 0 amide bonds. The smallest absolute Gasteiger partial charge is 0.0381 e. The Morgan fingerprint density at radius 2 is 2.44 bits per heavy atom. The minimum atomic E-state index is 0.808. The van der Waals surface area contributed by atoms with Crippen molar-refractivity contribution in [2.75, 3.05) is 7.05 Å². The predicted molar refractivity (Wildman–Crippen MR) is 36.6 cm³/mol. The van der Waals surface area contributed by atoms with Crippen LogP contribution in [0.3, 0.4) is 0 Å². The fraction of sp³-hybridized carbons (Fsp3) is 0.400. The van der Waals surface area contributed by atoms with Crippen LogP contribution in [0, 0.1) is 0 Å². The zero-order chi connectivity index (χ0) is 7.11. The number of nitrogens with one attached hydrogen (secondary N) is 1. The molecule has 0 heterocycles. The summed E-state index contributed by atoms with van der Waals surface area (Å²) in [6.07, 6.45) is 3.38. The molecular weight excluding hydrogens is 118 g/mol. The number of rotatable bonds is 3. The maximum atomic E-state index is 4.70. The number of hydroxylamine groups is 1. The summed E-state index contributed by atoms with van der Waals surface area (Å²) in [5.41, 5.74) is 3.24. The number of allylic oxidation sites excluding steroid dienone is 2. The fourth-order valence-electron chi connectivity index (χ4n) is 0.313. The molecule has 0 rings (SSSR count). The lowest BCUT2D eigenvalue weighted by Gasteiger charge is -1.97. The van der Waals surface area contributed by atoms with Gasteiger partial charge in [0.1, 0.15) is 0 Å². The van der Waals surface area contributed by atoms with Gasteiger partial charge in [0, 0.05) is 19.0 Å². The van der Waals surface area contributed by atoms with E-state index >= 15 is 0 Å². The van der Waals surface area contributed by atoms with Gasteiger partial charge in [-0.15, -0.1) is 0 Å². The Kier molecular flexibility index (Phi) is 4.76. The van der Waals surface area contributed by atoms with E-state index in [1.54, 1.807) is 19.3 Å². The zero-order valence-electron chi connectivity index (χ0n) is 5.59. The topological polar surface area (TPSA) is 59.6 Å². The summed E-state index contributed by atoms with van der Waals surface area (Å²) < 4.78 is 0. The van der Waals surface area contributed by atoms with E-state index < -0.39 is 0 Å². The molecule has 3 N–H and O–H groups in total. The molecule has 0 atom stereocenters. The Bertz CT molecular complexity index is 119. The third-order valence-electron chi connectivity index (χ3n) is 0.694. The van der Waals surface area contributed by atoms with Crippen LogP contribution in [0.5, 0.6) is 0 Å². The average Bonchev–Trinajstić information content (AvgIpc) is 1.85. The van der Waals surface area contributed by atoms with Crippen molar-refractivity contribution < 1.29 is 4.94 Å². The molecule has 0 spiro atoms. The first-order valence-electron chi connectivity index (χ1n) is 2.52. The highest BCUT2D eigenvalue weighted by atomic mass is 16.8. The molecule has 0 unspecified atom stereocenters. The van der Waals surface area contributed by atoms with Crippen molar-refractivity contribution in [1.82, 2.24) is 5.48 Å². The van der Waals surface area contributed by atoms with Crippen molar-refractivity contribution in [2.45, 2.75) is 6.92 Å². The van der Waals surface area contributed by atoms with Gasteiger partial charge >= 0.3 is 0 Å². The number of nitrogens with two attached hydrogens (primary N) is 1. The van der Waals surface area contributed by atoms with E-state index in [1.807, 2.05) is 6.92 Å². The second-order valence-electron chi connectivity index (χ2n) is 1.48. The number of nitrogens with zero attached hydrogens (tertiary/aromatic N) is 1. The molecule has 0 aromatic rings. The Labute approximate surface area is 54.3 Å². The van der Waals surface area contributed by atoms with Gasteiger partial charge in [0.15, 0.2) is 0 Å². The predicted octanol–water partition coefficient (Wildman–Crippen LogP) is -0.0143. The highest BCUT2D eigenvalue weighted by molar-refractivity contribution is 5.71. The first-order valence-corrected chi connectivity index (χ1v) is 2.52. The first kappa shape index (κ1) is 8.13. The van der Waals surface area contributed by atoms with Crippen LogP contribution in [0.2, 0.25) is 0 Å². The monoisotopic (exact) mass is 129 g/mol. The van der Waals surface area contributed by atoms with Gasteiger partial charge in [-0.3, -0.25) is 10.5 Å². The third kappa shape index (κ3) is 4.99. The van der Waals surface area contributed by atoms with Crippen LogP contribution in [-0.4, -0.2) is 13.3 Å². The van der Waals surface area contributed by atoms with Crippen LogP contribution in [-0.2, 0) is 4.94 Å². The standard InChI is InChI=1S/C5H11N3O/c1-5(8-9-6)3-4-7-2/h3-4,8H,6H2,1-2H3/b5-3+,7-4?. The summed E-state index contributed by atoms with van der Waals surface area (Å²) in [7, 11) is 1.69. The van der Waals surface area contributed by atoms with Crippen LogP contribution in [0.15, 0.2) is 16.8 Å². The molecule has 0 aromatic carbocycles. The number of hydrogen-bond donors (Lipinski definition) is 2. The second kappa shape index (κ2) is 5.27.